The molecular formula is C16H28N2O. The smallest absolute Gasteiger partial charge is 0.123 e. The Labute approximate surface area is 118 Å². The number of likely N-dealkylation sites (N-methyl/N-ethyl adjacent to an activating group) is 2. The van der Waals surface area contributed by atoms with Crippen LogP contribution in [0.15, 0.2) is 12.1 Å². The van der Waals surface area contributed by atoms with Crippen molar-refractivity contribution in [2.45, 2.75) is 39.8 Å². The fraction of sp³-hybridized carbons (Fsp3) is 0.625. The van der Waals surface area contributed by atoms with Crippen molar-refractivity contribution < 1.29 is 4.74 Å². The van der Waals surface area contributed by atoms with Gasteiger partial charge in [0.25, 0.3) is 0 Å². The lowest BCUT2D eigenvalue weighted by Crippen LogP contribution is -2.46. The number of rotatable bonds is 6. The third kappa shape index (κ3) is 4.51. The van der Waals surface area contributed by atoms with Gasteiger partial charge in [-0.2, -0.15) is 0 Å². The summed E-state index contributed by atoms with van der Waals surface area (Å²) in [6.07, 6.45) is 0. The molecule has 3 heteroatoms. The van der Waals surface area contributed by atoms with Gasteiger partial charge in [0.05, 0.1) is 7.11 Å². The average Bonchev–Trinajstić information content (AvgIpc) is 2.32. The van der Waals surface area contributed by atoms with E-state index in [0.717, 1.165) is 18.8 Å². The Balaban J connectivity index is 2.84. The first-order chi connectivity index (χ1) is 8.79. The second-order valence-electron chi connectivity index (χ2n) is 6.05. The molecule has 0 bridgehead atoms. The highest BCUT2D eigenvalue weighted by atomic mass is 16.5. The topological polar surface area (TPSA) is 24.5 Å². The largest absolute Gasteiger partial charge is 0.496 e. The van der Waals surface area contributed by atoms with Gasteiger partial charge in [0.15, 0.2) is 0 Å². The van der Waals surface area contributed by atoms with Gasteiger partial charge in [-0.3, -0.25) is 0 Å². The summed E-state index contributed by atoms with van der Waals surface area (Å²) in [5.74, 6) is 0.984. The highest BCUT2D eigenvalue weighted by Gasteiger charge is 2.18. The minimum absolute atomic E-state index is 0.113. The summed E-state index contributed by atoms with van der Waals surface area (Å²) < 4.78 is 5.50. The highest BCUT2D eigenvalue weighted by Crippen LogP contribution is 2.24. The summed E-state index contributed by atoms with van der Waals surface area (Å²) in [5.41, 5.74) is 3.96. The maximum Gasteiger partial charge on any atom is 0.123 e. The van der Waals surface area contributed by atoms with Gasteiger partial charge in [0, 0.05) is 24.2 Å². The van der Waals surface area contributed by atoms with E-state index < -0.39 is 0 Å². The van der Waals surface area contributed by atoms with E-state index in [0.29, 0.717) is 0 Å². The normalized spacial score (nSPS) is 12.0. The number of benzene rings is 1. The molecule has 1 N–H and O–H groups in total. The predicted molar refractivity (Wildman–Crippen MR) is 81.9 cm³/mol. The van der Waals surface area contributed by atoms with Crippen molar-refractivity contribution in [3.63, 3.8) is 0 Å². The first-order valence-corrected chi connectivity index (χ1v) is 6.80. The molecule has 1 aromatic rings. The van der Waals surface area contributed by atoms with Crippen LogP contribution in [-0.4, -0.2) is 38.2 Å². The molecule has 0 fully saturated rings. The van der Waals surface area contributed by atoms with E-state index in [2.05, 4.69) is 57.1 Å². The standard InChI is InChI=1S/C16H28N2O/c1-12-8-14(15(19-7)9-13(12)2)10-18(6)11-16(3,4)17-5/h8-9,17H,10-11H2,1-7H3. The van der Waals surface area contributed by atoms with Crippen LogP contribution in [0.5, 0.6) is 5.75 Å². The molecule has 0 aliphatic heterocycles. The number of aryl methyl sites for hydroxylation is 2. The number of hydrogen-bond donors (Lipinski definition) is 1. The summed E-state index contributed by atoms with van der Waals surface area (Å²) in [7, 11) is 5.89. The summed E-state index contributed by atoms with van der Waals surface area (Å²) in [6, 6.07) is 4.36. The fourth-order valence-corrected chi connectivity index (χ4v) is 2.26. The van der Waals surface area contributed by atoms with Crippen molar-refractivity contribution in [1.29, 1.82) is 0 Å². The molecule has 0 aliphatic rings. The van der Waals surface area contributed by atoms with Crippen LogP contribution in [0.2, 0.25) is 0 Å². The van der Waals surface area contributed by atoms with E-state index in [-0.39, 0.29) is 5.54 Å². The molecule has 0 atom stereocenters. The van der Waals surface area contributed by atoms with Crippen molar-refractivity contribution in [3.8, 4) is 5.75 Å². The summed E-state index contributed by atoms with van der Waals surface area (Å²) >= 11 is 0. The van der Waals surface area contributed by atoms with Crippen LogP contribution in [0.25, 0.3) is 0 Å². The summed E-state index contributed by atoms with van der Waals surface area (Å²) in [5, 5.41) is 3.33. The zero-order valence-electron chi connectivity index (χ0n) is 13.4. The van der Waals surface area contributed by atoms with Crippen molar-refractivity contribution >= 4 is 0 Å². The molecule has 0 heterocycles. The van der Waals surface area contributed by atoms with Crippen molar-refractivity contribution in [2.24, 2.45) is 0 Å². The average molecular weight is 264 g/mol. The molecule has 108 valence electrons. The Hall–Kier alpha value is -1.06. The van der Waals surface area contributed by atoms with E-state index in [4.69, 9.17) is 4.74 Å². The lowest BCUT2D eigenvalue weighted by Gasteiger charge is -2.30. The maximum absolute atomic E-state index is 5.50. The molecule has 19 heavy (non-hydrogen) atoms. The lowest BCUT2D eigenvalue weighted by atomic mass is 10.0. The van der Waals surface area contributed by atoms with Gasteiger partial charge < -0.3 is 15.0 Å². The highest BCUT2D eigenvalue weighted by molar-refractivity contribution is 5.41. The van der Waals surface area contributed by atoms with E-state index in [1.165, 1.54) is 16.7 Å². The second kappa shape index (κ2) is 6.40. The zero-order valence-corrected chi connectivity index (χ0v) is 13.4. The van der Waals surface area contributed by atoms with Gasteiger partial charge in [0.1, 0.15) is 5.75 Å². The van der Waals surface area contributed by atoms with Crippen LogP contribution < -0.4 is 10.1 Å². The Morgan fingerprint density at radius 1 is 1.21 bits per heavy atom. The summed E-state index contributed by atoms with van der Waals surface area (Å²) in [4.78, 5) is 2.32. The number of ether oxygens (including phenoxy) is 1. The van der Waals surface area contributed by atoms with E-state index in [9.17, 15) is 0 Å². The van der Waals surface area contributed by atoms with Gasteiger partial charge in [-0.15, -0.1) is 0 Å². The van der Waals surface area contributed by atoms with Gasteiger partial charge in [-0.05, 0) is 59.0 Å². The fourth-order valence-electron chi connectivity index (χ4n) is 2.26. The van der Waals surface area contributed by atoms with Crippen LogP contribution in [0.4, 0.5) is 0 Å². The van der Waals surface area contributed by atoms with E-state index in [1.54, 1.807) is 7.11 Å². The third-order valence-corrected chi connectivity index (χ3v) is 3.68. The van der Waals surface area contributed by atoms with Crippen molar-refractivity contribution in [1.82, 2.24) is 10.2 Å². The van der Waals surface area contributed by atoms with Crippen LogP contribution in [0.3, 0.4) is 0 Å². The molecule has 0 aromatic heterocycles. The maximum atomic E-state index is 5.50. The predicted octanol–water partition coefficient (Wildman–Crippen LogP) is 2.74. The van der Waals surface area contributed by atoms with Gasteiger partial charge in [-0.1, -0.05) is 6.07 Å². The summed E-state index contributed by atoms with van der Waals surface area (Å²) in [6.45, 7) is 10.6. The molecule has 0 amide bonds. The minimum Gasteiger partial charge on any atom is -0.496 e. The Kier molecular flexibility index (Phi) is 5.39. The number of nitrogens with one attached hydrogen (secondary N) is 1. The van der Waals surface area contributed by atoms with Crippen LogP contribution in [0.1, 0.15) is 30.5 Å². The lowest BCUT2D eigenvalue weighted by molar-refractivity contribution is 0.235. The molecular weight excluding hydrogens is 236 g/mol. The number of methoxy groups -OCH3 is 1. The third-order valence-electron chi connectivity index (χ3n) is 3.68. The number of hydrogen-bond acceptors (Lipinski definition) is 3. The number of nitrogens with zero attached hydrogens (tertiary/aromatic N) is 1. The van der Waals surface area contributed by atoms with Gasteiger partial charge >= 0.3 is 0 Å². The van der Waals surface area contributed by atoms with E-state index >= 15 is 0 Å². The Bertz CT molecular complexity index is 427. The van der Waals surface area contributed by atoms with Crippen LogP contribution >= 0.6 is 0 Å². The molecule has 0 spiro atoms. The Morgan fingerprint density at radius 2 is 1.79 bits per heavy atom. The van der Waals surface area contributed by atoms with Crippen LogP contribution in [-0.2, 0) is 6.54 Å². The molecule has 3 nitrogen and oxygen atoms in total. The molecule has 0 unspecified atom stereocenters. The molecule has 0 aliphatic carbocycles. The molecule has 1 aromatic carbocycles. The molecule has 0 saturated carbocycles. The van der Waals surface area contributed by atoms with Crippen molar-refractivity contribution in [3.05, 3.63) is 28.8 Å². The Morgan fingerprint density at radius 3 is 2.32 bits per heavy atom. The van der Waals surface area contributed by atoms with E-state index in [1.807, 2.05) is 7.05 Å². The first-order valence-electron chi connectivity index (χ1n) is 6.80. The minimum atomic E-state index is 0.113. The molecule has 0 radical (unpaired) electrons. The first kappa shape index (κ1) is 16.0. The van der Waals surface area contributed by atoms with Crippen molar-refractivity contribution in [2.75, 3.05) is 27.7 Å². The monoisotopic (exact) mass is 264 g/mol. The quantitative estimate of drug-likeness (QED) is 0.855. The van der Waals surface area contributed by atoms with Gasteiger partial charge in [0.2, 0.25) is 0 Å². The van der Waals surface area contributed by atoms with Gasteiger partial charge in [-0.25, -0.2) is 0 Å². The second-order valence-corrected chi connectivity index (χ2v) is 6.05. The SMILES string of the molecule is CNC(C)(C)CN(C)Cc1cc(C)c(C)cc1OC. The molecule has 0 saturated heterocycles. The molecule has 1 rings (SSSR count). The zero-order chi connectivity index (χ0) is 14.6. The van der Waals surface area contributed by atoms with Crippen LogP contribution in [0, 0.1) is 13.8 Å².